The van der Waals surface area contributed by atoms with Crippen LogP contribution in [0.4, 0.5) is 14.5 Å². The number of hydrogen-bond donors (Lipinski definition) is 1. The van der Waals surface area contributed by atoms with Gasteiger partial charge in [-0.25, -0.2) is 13.8 Å². The highest BCUT2D eigenvalue weighted by Gasteiger charge is 2.25. The van der Waals surface area contributed by atoms with Gasteiger partial charge in [-0.1, -0.05) is 28.1 Å². The van der Waals surface area contributed by atoms with Crippen molar-refractivity contribution in [3.8, 4) is 0 Å². The van der Waals surface area contributed by atoms with Gasteiger partial charge in [-0.15, -0.1) is 0 Å². The molecule has 0 fully saturated rings. The van der Waals surface area contributed by atoms with Crippen LogP contribution in [0.1, 0.15) is 11.1 Å². The molecule has 1 atom stereocenters. The van der Waals surface area contributed by atoms with Crippen LogP contribution in [0, 0.1) is 5.82 Å². The van der Waals surface area contributed by atoms with Crippen molar-refractivity contribution in [3.05, 3.63) is 63.9 Å². The van der Waals surface area contributed by atoms with Gasteiger partial charge in [-0.3, -0.25) is 4.79 Å². The summed E-state index contributed by atoms with van der Waals surface area (Å²) in [7, 11) is 0. The van der Waals surface area contributed by atoms with E-state index >= 15 is 0 Å². The molecular weight excluding hydrogens is 342 g/mol. The van der Waals surface area contributed by atoms with Crippen LogP contribution in [0.5, 0.6) is 0 Å². The first-order chi connectivity index (χ1) is 10.0. The van der Waals surface area contributed by atoms with Gasteiger partial charge in [0.2, 0.25) is 0 Å². The third-order valence-corrected chi connectivity index (χ3v) is 3.60. The summed E-state index contributed by atoms with van der Waals surface area (Å²) in [6, 6.07) is 10.8. The van der Waals surface area contributed by atoms with Gasteiger partial charge in [0.1, 0.15) is 5.82 Å². The van der Waals surface area contributed by atoms with E-state index < -0.39 is 18.0 Å². The fourth-order valence-corrected chi connectivity index (χ4v) is 2.36. The summed E-state index contributed by atoms with van der Waals surface area (Å²) in [6.07, 6.45) is -2.03. The fourth-order valence-electron chi connectivity index (χ4n) is 2.09. The van der Waals surface area contributed by atoms with Crippen molar-refractivity contribution >= 4 is 33.2 Å². The van der Waals surface area contributed by atoms with Crippen LogP contribution in [0.15, 0.2) is 51.9 Å². The number of fused-ring (bicyclic) bond motifs is 1. The largest absolute Gasteiger partial charge is 0.321 e. The van der Waals surface area contributed by atoms with Crippen LogP contribution in [-0.2, 0) is 4.79 Å². The predicted molar refractivity (Wildman–Crippen MR) is 79.7 cm³/mol. The first kappa shape index (κ1) is 13.9. The molecule has 2 aromatic carbocycles. The summed E-state index contributed by atoms with van der Waals surface area (Å²) in [5, 5.41) is 2.41. The molecule has 0 bridgehead atoms. The normalized spacial score (nSPS) is 17.6. The minimum atomic E-state index is -2.03. The Balaban J connectivity index is 2.21. The smallest absolute Gasteiger partial charge is 0.281 e. The molecule has 0 aliphatic carbocycles. The number of hydrogen-bond acceptors (Lipinski definition) is 2. The molecule has 21 heavy (non-hydrogen) atoms. The van der Waals surface area contributed by atoms with Gasteiger partial charge >= 0.3 is 0 Å². The Hall–Kier alpha value is -2.08. The fraction of sp³-hybridized carbons (Fsp3) is 0.0667. The van der Waals surface area contributed by atoms with Gasteiger partial charge in [0.25, 0.3) is 12.2 Å². The molecule has 1 unspecified atom stereocenters. The van der Waals surface area contributed by atoms with Crippen LogP contribution in [-0.4, -0.2) is 17.9 Å². The average Bonchev–Trinajstić information content (AvgIpc) is 2.58. The standard InChI is InChI=1S/C15H9BrF2N2O/c16-9-3-1-8(2-4-9)13-11-7-10(17)5-6-12(11)19-15(21)14(18)20-13/h1-7,14H,(H,19,21). The Morgan fingerprint density at radius 3 is 2.57 bits per heavy atom. The zero-order chi connectivity index (χ0) is 15.0. The van der Waals surface area contributed by atoms with Crippen LogP contribution in [0.2, 0.25) is 0 Å². The Kier molecular flexibility index (Phi) is 3.55. The number of nitrogens with one attached hydrogen (secondary N) is 1. The average molecular weight is 351 g/mol. The second kappa shape index (κ2) is 5.37. The van der Waals surface area contributed by atoms with Gasteiger partial charge in [-0.2, -0.15) is 0 Å². The van der Waals surface area contributed by atoms with E-state index in [-0.39, 0.29) is 5.71 Å². The van der Waals surface area contributed by atoms with E-state index in [0.717, 1.165) is 4.47 Å². The SMILES string of the molecule is O=C1Nc2ccc(F)cc2C(c2ccc(Br)cc2)=NC1F. The third kappa shape index (κ3) is 2.71. The summed E-state index contributed by atoms with van der Waals surface area (Å²) in [5.74, 6) is -1.35. The van der Waals surface area contributed by atoms with Crippen molar-refractivity contribution in [2.75, 3.05) is 5.32 Å². The molecule has 1 aliphatic heterocycles. The highest BCUT2D eigenvalue weighted by atomic mass is 79.9. The van der Waals surface area contributed by atoms with E-state index in [4.69, 9.17) is 0 Å². The van der Waals surface area contributed by atoms with Crippen molar-refractivity contribution in [1.82, 2.24) is 0 Å². The number of halogens is 3. The third-order valence-electron chi connectivity index (χ3n) is 3.07. The predicted octanol–water partition coefficient (Wildman–Crippen LogP) is 3.67. The number of alkyl halides is 1. The van der Waals surface area contributed by atoms with Crippen LogP contribution in [0.25, 0.3) is 0 Å². The summed E-state index contributed by atoms with van der Waals surface area (Å²) in [4.78, 5) is 15.4. The van der Waals surface area contributed by atoms with Gasteiger partial charge < -0.3 is 5.32 Å². The van der Waals surface area contributed by atoms with Crippen molar-refractivity contribution < 1.29 is 13.6 Å². The Morgan fingerprint density at radius 2 is 1.86 bits per heavy atom. The monoisotopic (exact) mass is 350 g/mol. The number of nitrogens with zero attached hydrogens (tertiary/aromatic N) is 1. The van der Waals surface area contributed by atoms with Gasteiger partial charge in [0.15, 0.2) is 0 Å². The topological polar surface area (TPSA) is 41.5 Å². The number of rotatable bonds is 1. The van der Waals surface area contributed by atoms with E-state index in [1.807, 2.05) is 0 Å². The number of amides is 1. The number of benzene rings is 2. The molecule has 0 radical (unpaired) electrons. The summed E-state index contributed by atoms with van der Waals surface area (Å²) in [6.45, 7) is 0. The van der Waals surface area contributed by atoms with E-state index in [1.165, 1.54) is 18.2 Å². The maximum atomic E-state index is 13.8. The molecule has 0 spiro atoms. The molecule has 1 aliphatic rings. The Bertz CT molecular complexity index is 744. The van der Waals surface area contributed by atoms with Gasteiger partial charge in [-0.05, 0) is 30.3 Å². The first-order valence-corrected chi connectivity index (χ1v) is 6.92. The lowest BCUT2D eigenvalue weighted by atomic mass is 10.0. The zero-order valence-corrected chi connectivity index (χ0v) is 12.2. The molecule has 2 aromatic rings. The van der Waals surface area contributed by atoms with Crippen LogP contribution < -0.4 is 5.32 Å². The molecule has 0 saturated carbocycles. The zero-order valence-electron chi connectivity index (χ0n) is 10.6. The summed E-state index contributed by atoms with van der Waals surface area (Å²) >= 11 is 3.31. The first-order valence-electron chi connectivity index (χ1n) is 6.13. The second-order valence-corrected chi connectivity index (χ2v) is 5.42. The molecule has 106 valence electrons. The maximum Gasteiger partial charge on any atom is 0.281 e. The molecule has 1 heterocycles. The quantitative estimate of drug-likeness (QED) is 0.783. The minimum absolute atomic E-state index is 0.239. The highest BCUT2D eigenvalue weighted by molar-refractivity contribution is 9.10. The van der Waals surface area contributed by atoms with Crippen LogP contribution in [0.3, 0.4) is 0 Å². The molecule has 3 rings (SSSR count). The lowest BCUT2D eigenvalue weighted by Crippen LogP contribution is -2.21. The highest BCUT2D eigenvalue weighted by Crippen LogP contribution is 2.26. The Morgan fingerprint density at radius 1 is 1.14 bits per heavy atom. The maximum absolute atomic E-state index is 13.8. The molecule has 0 aromatic heterocycles. The molecule has 3 nitrogen and oxygen atoms in total. The van der Waals surface area contributed by atoms with Crippen LogP contribution >= 0.6 is 15.9 Å². The number of carbonyl (C=O) groups excluding carboxylic acids is 1. The second-order valence-electron chi connectivity index (χ2n) is 4.50. The van der Waals surface area contributed by atoms with Gasteiger partial charge in [0.05, 0.1) is 11.4 Å². The van der Waals surface area contributed by atoms with Crippen molar-refractivity contribution in [3.63, 3.8) is 0 Å². The molecule has 6 heteroatoms. The van der Waals surface area contributed by atoms with Gasteiger partial charge in [0, 0.05) is 15.6 Å². The van der Waals surface area contributed by atoms with E-state index in [2.05, 4.69) is 26.2 Å². The lowest BCUT2D eigenvalue weighted by molar-refractivity contribution is -0.120. The molecule has 1 amide bonds. The molecule has 1 N–H and O–H groups in total. The lowest BCUT2D eigenvalue weighted by Gasteiger charge is -2.10. The van der Waals surface area contributed by atoms with Crippen molar-refractivity contribution in [1.29, 1.82) is 0 Å². The number of benzodiazepines with no additional fused rings is 1. The minimum Gasteiger partial charge on any atom is -0.321 e. The van der Waals surface area contributed by atoms with Crippen molar-refractivity contribution in [2.45, 2.75) is 6.30 Å². The molecular formula is C15H9BrF2N2O. The Labute approximate surface area is 127 Å². The summed E-state index contributed by atoms with van der Waals surface area (Å²) in [5.41, 5.74) is 1.53. The number of anilines is 1. The number of carbonyl (C=O) groups is 1. The van der Waals surface area contributed by atoms with E-state index in [1.54, 1.807) is 24.3 Å². The van der Waals surface area contributed by atoms with E-state index in [9.17, 15) is 13.6 Å². The molecule has 0 saturated heterocycles. The summed E-state index contributed by atoms with van der Waals surface area (Å²) < 4.78 is 28.2. The van der Waals surface area contributed by atoms with Crippen molar-refractivity contribution in [2.24, 2.45) is 4.99 Å². The number of aliphatic imine (C=N–C) groups is 1. The van der Waals surface area contributed by atoms with E-state index in [0.29, 0.717) is 16.8 Å².